The lowest BCUT2D eigenvalue weighted by molar-refractivity contribution is 0.241. The summed E-state index contributed by atoms with van der Waals surface area (Å²) < 4.78 is 0. The van der Waals surface area contributed by atoms with Gasteiger partial charge in [0, 0.05) is 25.7 Å². The Bertz CT molecular complexity index is 215. The predicted octanol–water partition coefficient (Wildman–Crippen LogP) is 2.74. The minimum absolute atomic E-state index is 0.689. The van der Waals surface area contributed by atoms with Crippen molar-refractivity contribution < 1.29 is 0 Å². The molecule has 2 rings (SSSR count). The standard InChI is InChI=1S/C15H30N2/c1-4-8-16-15(12(2)3)11-17-9-13-6-5-7-14(13)10-17/h12-16H,4-11H2,1-3H3. The van der Waals surface area contributed by atoms with Crippen LogP contribution in [0.4, 0.5) is 0 Å². The second-order valence-corrected chi connectivity index (χ2v) is 6.47. The molecule has 2 aliphatic rings. The molecule has 17 heavy (non-hydrogen) atoms. The van der Waals surface area contributed by atoms with Gasteiger partial charge in [-0.25, -0.2) is 0 Å². The molecule has 0 aromatic heterocycles. The van der Waals surface area contributed by atoms with E-state index in [0.717, 1.165) is 17.8 Å². The molecule has 2 nitrogen and oxygen atoms in total. The van der Waals surface area contributed by atoms with Gasteiger partial charge in [-0.2, -0.15) is 0 Å². The molecule has 0 spiro atoms. The van der Waals surface area contributed by atoms with Gasteiger partial charge >= 0.3 is 0 Å². The quantitative estimate of drug-likeness (QED) is 0.765. The van der Waals surface area contributed by atoms with Gasteiger partial charge in [-0.05, 0) is 43.6 Å². The Hall–Kier alpha value is -0.0800. The molecule has 1 saturated carbocycles. The van der Waals surface area contributed by atoms with Crippen LogP contribution in [0.3, 0.4) is 0 Å². The number of nitrogens with zero attached hydrogens (tertiary/aromatic N) is 1. The Morgan fingerprint density at radius 2 is 1.82 bits per heavy atom. The second kappa shape index (κ2) is 6.19. The fourth-order valence-corrected chi connectivity index (χ4v) is 3.60. The van der Waals surface area contributed by atoms with E-state index in [-0.39, 0.29) is 0 Å². The van der Waals surface area contributed by atoms with Crippen molar-refractivity contribution in [3.8, 4) is 0 Å². The van der Waals surface area contributed by atoms with Gasteiger partial charge < -0.3 is 10.2 Å². The third-order valence-electron chi connectivity index (χ3n) is 4.72. The highest BCUT2D eigenvalue weighted by Crippen LogP contribution is 2.37. The normalized spacial score (nSPS) is 31.1. The van der Waals surface area contributed by atoms with Gasteiger partial charge in [0.2, 0.25) is 0 Å². The molecule has 1 aliphatic heterocycles. The van der Waals surface area contributed by atoms with Crippen LogP contribution in [0.25, 0.3) is 0 Å². The zero-order valence-corrected chi connectivity index (χ0v) is 11.9. The van der Waals surface area contributed by atoms with E-state index in [1.165, 1.54) is 51.9 Å². The molecular weight excluding hydrogens is 208 g/mol. The van der Waals surface area contributed by atoms with Crippen molar-refractivity contribution >= 4 is 0 Å². The maximum Gasteiger partial charge on any atom is 0.0217 e. The molecule has 3 unspecified atom stereocenters. The maximum absolute atomic E-state index is 3.72. The van der Waals surface area contributed by atoms with Crippen LogP contribution in [0.1, 0.15) is 46.5 Å². The van der Waals surface area contributed by atoms with E-state index in [9.17, 15) is 0 Å². The van der Waals surface area contributed by atoms with Crippen molar-refractivity contribution in [2.24, 2.45) is 17.8 Å². The second-order valence-electron chi connectivity index (χ2n) is 6.47. The van der Waals surface area contributed by atoms with Crippen molar-refractivity contribution in [1.29, 1.82) is 0 Å². The van der Waals surface area contributed by atoms with Crippen LogP contribution in [-0.2, 0) is 0 Å². The summed E-state index contributed by atoms with van der Waals surface area (Å²) in [6.07, 6.45) is 5.73. The molecule has 3 atom stereocenters. The lowest BCUT2D eigenvalue weighted by atomic mass is 10.0. The summed E-state index contributed by atoms with van der Waals surface area (Å²) in [5, 5.41) is 3.72. The predicted molar refractivity (Wildman–Crippen MR) is 74.2 cm³/mol. The molecule has 0 bridgehead atoms. The molecule has 0 aromatic carbocycles. The molecule has 0 radical (unpaired) electrons. The highest BCUT2D eigenvalue weighted by Gasteiger charge is 2.36. The summed E-state index contributed by atoms with van der Waals surface area (Å²) in [6, 6.07) is 0.689. The Kier molecular flexibility index (Phi) is 4.87. The van der Waals surface area contributed by atoms with E-state index in [2.05, 4.69) is 31.0 Å². The molecular formula is C15H30N2. The van der Waals surface area contributed by atoms with Crippen molar-refractivity contribution in [2.45, 2.75) is 52.5 Å². The third-order valence-corrected chi connectivity index (χ3v) is 4.72. The number of rotatable bonds is 6. The first-order valence-corrected chi connectivity index (χ1v) is 7.66. The average molecular weight is 238 g/mol. The van der Waals surface area contributed by atoms with Crippen molar-refractivity contribution in [3.63, 3.8) is 0 Å². The lowest BCUT2D eigenvalue weighted by Gasteiger charge is -2.28. The van der Waals surface area contributed by atoms with E-state index in [1.54, 1.807) is 0 Å². The lowest BCUT2D eigenvalue weighted by Crippen LogP contribution is -2.44. The summed E-state index contributed by atoms with van der Waals surface area (Å²) in [5.41, 5.74) is 0. The summed E-state index contributed by atoms with van der Waals surface area (Å²) in [7, 11) is 0. The molecule has 1 heterocycles. The summed E-state index contributed by atoms with van der Waals surface area (Å²) in [4.78, 5) is 2.72. The summed E-state index contributed by atoms with van der Waals surface area (Å²) >= 11 is 0. The molecule has 0 amide bonds. The van der Waals surface area contributed by atoms with Crippen LogP contribution in [-0.4, -0.2) is 37.1 Å². The van der Waals surface area contributed by atoms with Crippen LogP contribution in [0.5, 0.6) is 0 Å². The summed E-state index contributed by atoms with van der Waals surface area (Å²) in [5.74, 6) is 2.82. The highest BCUT2D eigenvalue weighted by molar-refractivity contribution is 4.90. The van der Waals surface area contributed by atoms with Crippen LogP contribution in [0, 0.1) is 17.8 Å². The maximum atomic E-state index is 3.72. The fourth-order valence-electron chi connectivity index (χ4n) is 3.60. The van der Waals surface area contributed by atoms with Gasteiger partial charge in [0.25, 0.3) is 0 Å². The highest BCUT2D eigenvalue weighted by atomic mass is 15.2. The smallest absolute Gasteiger partial charge is 0.0217 e. The number of hydrogen-bond acceptors (Lipinski definition) is 2. The topological polar surface area (TPSA) is 15.3 Å². The molecule has 0 aromatic rings. The van der Waals surface area contributed by atoms with Crippen molar-refractivity contribution in [2.75, 3.05) is 26.2 Å². The van der Waals surface area contributed by atoms with E-state index >= 15 is 0 Å². The van der Waals surface area contributed by atoms with Crippen LogP contribution < -0.4 is 5.32 Å². The molecule has 1 saturated heterocycles. The largest absolute Gasteiger partial charge is 0.312 e. The van der Waals surface area contributed by atoms with Crippen LogP contribution in [0.15, 0.2) is 0 Å². The number of likely N-dealkylation sites (tertiary alicyclic amines) is 1. The SMILES string of the molecule is CCCNC(CN1CC2CCCC2C1)C(C)C. The summed E-state index contributed by atoms with van der Waals surface area (Å²) in [6.45, 7) is 12.1. The number of hydrogen-bond donors (Lipinski definition) is 1. The zero-order chi connectivity index (χ0) is 12.3. The molecule has 1 N–H and O–H groups in total. The van der Waals surface area contributed by atoms with Gasteiger partial charge in [0.05, 0.1) is 0 Å². The Labute approximate surface area is 107 Å². The first-order chi connectivity index (χ1) is 8.20. The van der Waals surface area contributed by atoms with Gasteiger partial charge in [-0.3, -0.25) is 0 Å². The first-order valence-electron chi connectivity index (χ1n) is 7.66. The monoisotopic (exact) mass is 238 g/mol. The van der Waals surface area contributed by atoms with Crippen LogP contribution in [0.2, 0.25) is 0 Å². The van der Waals surface area contributed by atoms with Gasteiger partial charge in [0.1, 0.15) is 0 Å². The number of fused-ring (bicyclic) bond motifs is 1. The zero-order valence-electron chi connectivity index (χ0n) is 11.9. The fraction of sp³-hybridized carbons (Fsp3) is 1.00. The first kappa shape index (κ1) is 13.4. The molecule has 100 valence electrons. The number of nitrogens with one attached hydrogen (secondary N) is 1. The Morgan fingerprint density at radius 3 is 2.35 bits per heavy atom. The Balaban J connectivity index is 1.78. The van der Waals surface area contributed by atoms with Crippen molar-refractivity contribution in [1.82, 2.24) is 10.2 Å². The minimum atomic E-state index is 0.689. The van der Waals surface area contributed by atoms with Crippen LogP contribution >= 0.6 is 0 Å². The Morgan fingerprint density at radius 1 is 1.18 bits per heavy atom. The van der Waals surface area contributed by atoms with E-state index < -0.39 is 0 Å². The van der Waals surface area contributed by atoms with Gasteiger partial charge in [-0.1, -0.05) is 27.2 Å². The average Bonchev–Trinajstić information content (AvgIpc) is 2.83. The molecule has 2 heteroatoms. The van der Waals surface area contributed by atoms with E-state index in [4.69, 9.17) is 0 Å². The van der Waals surface area contributed by atoms with Gasteiger partial charge in [0.15, 0.2) is 0 Å². The third kappa shape index (κ3) is 3.45. The molecule has 1 aliphatic carbocycles. The van der Waals surface area contributed by atoms with E-state index in [1.807, 2.05) is 0 Å². The van der Waals surface area contributed by atoms with E-state index in [0.29, 0.717) is 6.04 Å². The van der Waals surface area contributed by atoms with Crippen molar-refractivity contribution in [3.05, 3.63) is 0 Å². The molecule has 2 fully saturated rings. The minimum Gasteiger partial charge on any atom is -0.312 e. The van der Waals surface area contributed by atoms with Gasteiger partial charge in [-0.15, -0.1) is 0 Å².